The van der Waals surface area contributed by atoms with Gasteiger partial charge in [-0.05, 0) is 62.1 Å². The molecule has 0 unspecified atom stereocenters. The van der Waals surface area contributed by atoms with E-state index in [-0.39, 0.29) is 17.7 Å². The van der Waals surface area contributed by atoms with Crippen LogP contribution in [0.4, 0.5) is 30.6 Å². The fourth-order valence-corrected chi connectivity index (χ4v) is 5.11. The number of aromatic nitrogens is 2. The molecular formula is C25H24F3N5O. The topological polar surface area (TPSA) is 75.3 Å². The summed E-state index contributed by atoms with van der Waals surface area (Å²) < 4.78 is 40.8. The van der Waals surface area contributed by atoms with E-state index in [1.165, 1.54) is 18.2 Å². The van der Waals surface area contributed by atoms with E-state index >= 15 is 0 Å². The summed E-state index contributed by atoms with van der Waals surface area (Å²) in [6, 6.07) is 11.5. The average molecular weight is 467 g/mol. The molecule has 2 aliphatic heterocycles. The molecule has 0 atom stereocenters. The molecule has 2 N–H and O–H groups in total. The van der Waals surface area contributed by atoms with Crippen molar-refractivity contribution in [3.63, 3.8) is 0 Å². The van der Waals surface area contributed by atoms with E-state index in [9.17, 15) is 18.0 Å². The standard InChI is InChI=1S/C25H24F3N5O/c26-17-5-3-16(4-6-17)21-15-22(31-24(29)30-21)32-12-10-25(11-13-32)9-1-2-23(34)33(25)18-7-8-19(27)20(28)14-18/h3-8,14-15H,1-2,9-13H2,(H2,29,30,31). The Morgan fingerprint density at radius 1 is 0.882 bits per heavy atom. The number of benzene rings is 2. The number of nitrogens with two attached hydrogens (primary N) is 1. The molecule has 5 rings (SSSR count). The van der Waals surface area contributed by atoms with Gasteiger partial charge >= 0.3 is 0 Å². The molecule has 0 saturated carbocycles. The minimum absolute atomic E-state index is 0.0735. The molecule has 2 saturated heterocycles. The maximum Gasteiger partial charge on any atom is 0.227 e. The highest BCUT2D eigenvalue weighted by Crippen LogP contribution is 2.42. The number of hydrogen-bond donors (Lipinski definition) is 1. The van der Waals surface area contributed by atoms with Gasteiger partial charge in [-0.3, -0.25) is 4.79 Å². The van der Waals surface area contributed by atoms with E-state index in [1.54, 1.807) is 17.0 Å². The Bertz CT molecular complexity index is 1230. The van der Waals surface area contributed by atoms with Crippen molar-refractivity contribution < 1.29 is 18.0 Å². The van der Waals surface area contributed by atoms with Gasteiger partial charge in [0.15, 0.2) is 11.6 Å². The van der Waals surface area contributed by atoms with Crippen LogP contribution in [0.25, 0.3) is 11.3 Å². The Morgan fingerprint density at radius 3 is 2.32 bits per heavy atom. The van der Waals surface area contributed by atoms with Crippen LogP contribution in [0, 0.1) is 17.5 Å². The predicted molar refractivity (Wildman–Crippen MR) is 124 cm³/mol. The summed E-state index contributed by atoms with van der Waals surface area (Å²) in [6.45, 7) is 1.21. The van der Waals surface area contributed by atoms with Gasteiger partial charge in [-0.2, -0.15) is 4.98 Å². The van der Waals surface area contributed by atoms with E-state index in [2.05, 4.69) is 14.9 Å². The summed E-state index contributed by atoms with van der Waals surface area (Å²) in [7, 11) is 0. The second-order valence-electron chi connectivity index (χ2n) is 8.87. The molecule has 2 fully saturated rings. The zero-order chi connectivity index (χ0) is 23.9. The Labute approximate surface area is 195 Å². The van der Waals surface area contributed by atoms with Gasteiger partial charge in [0.25, 0.3) is 0 Å². The number of rotatable bonds is 3. The quantitative estimate of drug-likeness (QED) is 0.605. The van der Waals surface area contributed by atoms with Crippen LogP contribution in [0.5, 0.6) is 0 Å². The van der Waals surface area contributed by atoms with Crippen LogP contribution in [-0.2, 0) is 4.79 Å². The van der Waals surface area contributed by atoms with Crippen molar-refractivity contribution >= 4 is 23.4 Å². The molecule has 9 heteroatoms. The maximum absolute atomic E-state index is 14.0. The second kappa shape index (κ2) is 8.62. The predicted octanol–water partition coefficient (Wildman–Crippen LogP) is 4.70. The molecule has 6 nitrogen and oxygen atoms in total. The number of nitrogens with zero attached hydrogens (tertiary/aromatic N) is 4. The van der Waals surface area contributed by atoms with Crippen molar-refractivity contribution in [1.82, 2.24) is 9.97 Å². The Balaban J connectivity index is 1.40. The van der Waals surface area contributed by atoms with Crippen molar-refractivity contribution in [2.75, 3.05) is 28.6 Å². The summed E-state index contributed by atoms with van der Waals surface area (Å²) in [5, 5.41) is 0. The highest BCUT2D eigenvalue weighted by molar-refractivity contribution is 5.95. The fourth-order valence-electron chi connectivity index (χ4n) is 5.11. The molecule has 0 bridgehead atoms. The largest absolute Gasteiger partial charge is 0.368 e. The molecule has 2 aliphatic rings. The van der Waals surface area contributed by atoms with Crippen LogP contribution in [-0.4, -0.2) is 34.5 Å². The summed E-state index contributed by atoms with van der Waals surface area (Å²) in [5.74, 6) is -1.53. The van der Waals surface area contributed by atoms with E-state index in [0.717, 1.165) is 30.5 Å². The first-order valence-electron chi connectivity index (χ1n) is 11.3. The number of amides is 1. The second-order valence-corrected chi connectivity index (χ2v) is 8.87. The van der Waals surface area contributed by atoms with Crippen molar-refractivity contribution in [3.8, 4) is 11.3 Å². The molecule has 2 aromatic carbocycles. The summed E-state index contributed by atoms with van der Waals surface area (Å²) in [6.07, 6.45) is 3.22. The Morgan fingerprint density at radius 2 is 1.62 bits per heavy atom. The zero-order valence-electron chi connectivity index (χ0n) is 18.5. The Kier molecular flexibility index (Phi) is 5.63. The SMILES string of the molecule is Nc1nc(-c2ccc(F)cc2)cc(N2CCC3(CCCC(=O)N3c3ccc(F)c(F)c3)CC2)n1. The molecule has 34 heavy (non-hydrogen) atoms. The minimum Gasteiger partial charge on any atom is -0.368 e. The number of carbonyl (C=O) groups excluding carboxylic acids is 1. The van der Waals surface area contributed by atoms with Crippen molar-refractivity contribution in [3.05, 3.63) is 66.0 Å². The third-order valence-corrected chi connectivity index (χ3v) is 6.81. The zero-order valence-corrected chi connectivity index (χ0v) is 18.5. The van der Waals surface area contributed by atoms with Crippen molar-refractivity contribution in [2.45, 2.75) is 37.6 Å². The summed E-state index contributed by atoms with van der Waals surface area (Å²) in [5.41, 5.74) is 7.22. The third kappa shape index (κ3) is 4.06. The molecule has 176 valence electrons. The molecule has 3 aromatic rings. The minimum atomic E-state index is -0.965. The van der Waals surface area contributed by atoms with Gasteiger partial charge in [0.1, 0.15) is 11.6 Å². The first-order chi connectivity index (χ1) is 16.3. The highest BCUT2D eigenvalue weighted by Gasteiger charge is 2.45. The monoisotopic (exact) mass is 467 g/mol. The summed E-state index contributed by atoms with van der Waals surface area (Å²) in [4.78, 5) is 25.4. The molecule has 1 spiro atoms. The van der Waals surface area contributed by atoms with Gasteiger partial charge in [-0.1, -0.05) is 0 Å². The van der Waals surface area contributed by atoms with Crippen LogP contribution >= 0.6 is 0 Å². The molecule has 0 radical (unpaired) electrons. The van der Waals surface area contributed by atoms with Crippen LogP contribution < -0.4 is 15.5 Å². The lowest BCUT2D eigenvalue weighted by Crippen LogP contribution is -2.60. The maximum atomic E-state index is 14.0. The van der Waals surface area contributed by atoms with E-state index in [4.69, 9.17) is 5.73 Å². The van der Waals surface area contributed by atoms with Crippen LogP contribution in [0.3, 0.4) is 0 Å². The Hall–Kier alpha value is -3.62. The third-order valence-electron chi connectivity index (χ3n) is 6.81. The highest BCUT2D eigenvalue weighted by atomic mass is 19.2. The van der Waals surface area contributed by atoms with Crippen molar-refractivity contribution in [1.29, 1.82) is 0 Å². The normalized spacial score (nSPS) is 17.9. The first kappa shape index (κ1) is 22.2. The molecule has 3 heterocycles. The molecular weight excluding hydrogens is 443 g/mol. The van der Waals surface area contributed by atoms with Gasteiger partial charge in [0.2, 0.25) is 11.9 Å². The lowest BCUT2D eigenvalue weighted by Gasteiger charge is -2.51. The first-order valence-corrected chi connectivity index (χ1v) is 11.3. The average Bonchev–Trinajstić information content (AvgIpc) is 2.82. The lowest BCUT2D eigenvalue weighted by atomic mass is 9.78. The van der Waals surface area contributed by atoms with Crippen LogP contribution in [0.2, 0.25) is 0 Å². The van der Waals surface area contributed by atoms with E-state index in [1.807, 2.05) is 6.07 Å². The van der Waals surface area contributed by atoms with Crippen LogP contribution in [0.1, 0.15) is 32.1 Å². The molecule has 1 amide bonds. The summed E-state index contributed by atoms with van der Waals surface area (Å²) >= 11 is 0. The lowest BCUT2D eigenvalue weighted by molar-refractivity contribution is -0.121. The molecule has 0 aliphatic carbocycles. The number of piperidine rings is 2. The van der Waals surface area contributed by atoms with Gasteiger partial charge in [-0.15, -0.1) is 0 Å². The smallest absolute Gasteiger partial charge is 0.227 e. The fraction of sp³-hybridized carbons (Fsp3) is 0.320. The number of halogens is 3. The molecule has 1 aromatic heterocycles. The van der Waals surface area contributed by atoms with Gasteiger partial charge < -0.3 is 15.5 Å². The van der Waals surface area contributed by atoms with Gasteiger partial charge in [0.05, 0.1) is 11.2 Å². The van der Waals surface area contributed by atoms with E-state index < -0.39 is 17.2 Å². The van der Waals surface area contributed by atoms with Gasteiger partial charge in [0, 0.05) is 42.9 Å². The van der Waals surface area contributed by atoms with Crippen LogP contribution in [0.15, 0.2) is 48.5 Å². The number of carbonyl (C=O) groups is 1. The number of hydrogen-bond acceptors (Lipinski definition) is 5. The number of anilines is 3. The van der Waals surface area contributed by atoms with Gasteiger partial charge in [-0.25, -0.2) is 18.2 Å². The van der Waals surface area contributed by atoms with E-state index in [0.29, 0.717) is 49.6 Å². The van der Waals surface area contributed by atoms with Crippen molar-refractivity contribution in [2.24, 2.45) is 0 Å². The number of nitrogen functional groups attached to an aromatic ring is 1.